The standard InChI is InChI=1S/C21H22N4O2/c1-13-8-9-15(11-14(13)2)25-18-6-3-5-17(16(18)12-23-25)24-21(27)20-19(26)7-4-10-22-20/h4,7-12,17,26H,3,5-6H2,1-2H3,(H,24,27). The first kappa shape index (κ1) is 17.3. The van der Waals surface area contributed by atoms with Crippen LogP contribution in [0.4, 0.5) is 0 Å². The number of hydrogen-bond acceptors (Lipinski definition) is 4. The largest absolute Gasteiger partial charge is 0.505 e. The third-order valence-electron chi connectivity index (χ3n) is 5.22. The number of carbonyl (C=O) groups is 1. The second-order valence-corrected chi connectivity index (χ2v) is 7.02. The van der Waals surface area contributed by atoms with E-state index >= 15 is 0 Å². The fourth-order valence-corrected chi connectivity index (χ4v) is 3.59. The molecule has 2 heterocycles. The molecule has 0 spiro atoms. The third-order valence-corrected chi connectivity index (χ3v) is 5.22. The van der Waals surface area contributed by atoms with Crippen molar-refractivity contribution in [1.29, 1.82) is 0 Å². The van der Waals surface area contributed by atoms with Gasteiger partial charge in [-0.1, -0.05) is 6.07 Å². The highest BCUT2D eigenvalue weighted by molar-refractivity contribution is 5.95. The summed E-state index contributed by atoms with van der Waals surface area (Å²) in [6.45, 7) is 4.19. The Morgan fingerprint density at radius 2 is 2.11 bits per heavy atom. The van der Waals surface area contributed by atoms with E-state index in [0.29, 0.717) is 0 Å². The number of aromatic hydroxyl groups is 1. The maximum atomic E-state index is 12.5. The Hall–Kier alpha value is -3.15. The minimum atomic E-state index is -0.370. The van der Waals surface area contributed by atoms with Gasteiger partial charge in [0.05, 0.1) is 17.9 Å². The first-order chi connectivity index (χ1) is 13.0. The van der Waals surface area contributed by atoms with Gasteiger partial charge in [-0.05, 0) is 68.5 Å². The Balaban J connectivity index is 1.63. The van der Waals surface area contributed by atoms with E-state index in [4.69, 9.17) is 0 Å². The zero-order valence-corrected chi connectivity index (χ0v) is 15.4. The van der Waals surface area contributed by atoms with Crippen molar-refractivity contribution >= 4 is 5.91 Å². The van der Waals surface area contributed by atoms with Gasteiger partial charge in [0, 0.05) is 17.5 Å². The minimum absolute atomic E-state index is 0.0474. The second-order valence-electron chi connectivity index (χ2n) is 7.02. The molecule has 3 aromatic rings. The van der Waals surface area contributed by atoms with Gasteiger partial charge in [-0.3, -0.25) is 4.79 Å². The second kappa shape index (κ2) is 6.87. The van der Waals surface area contributed by atoms with E-state index in [1.807, 2.05) is 10.9 Å². The highest BCUT2D eigenvalue weighted by atomic mass is 16.3. The van der Waals surface area contributed by atoms with Crippen LogP contribution in [0.25, 0.3) is 5.69 Å². The molecule has 1 aliphatic rings. The van der Waals surface area contributed by atoms with Crippen LogP contribution in [0.1, 0.15) is 51.8 Å². The van der Waals surface area contributed by atoms with Gasteiger partial charge < -0.3 is 10.4 Å². The Morgan fingerprint density at radius 3 is 2.89 bits per heavy atom. The average Bonchev–Trinajstić information content (AvgIpc) is 3.09. The van der Waals surface area contributed by atoms with Crippen LogP contribution in [-0.4, -0.2) is 25.8 Å². The van der Waals surface area contributed by atoms with Crippen LogP contribution in [0.15, 0.2) is 42.7 Å². The predicted molar refractivity (Wildman–Crippen MR) is 102 cm³/mol. The molecule has 0 bridgehead atoms. The number of nitrogens with one attached hydrogen (secondary N) is 1. The van der Waals surface area contributed by atoms with Crippen LogP contribution in [-0.2, 0) is 6.42 Å². The lowest BCUT2D eigenvalue weighted by Gasteiger charge is -2.24. The molecule has 0 aliphatic heterocycles. The van der Waals surface area contributed by atoms with Crippen LogP contribution < -0.4 is 5.32 Å². The number of benzene rings is 1. The normalized spacial score (nSPS) is 16.0. The summed E-state index contributed by atoms with van der Waals surface area (Å²) in [5.41, 5.74) is 5.71. The Labute approximate surface area is 157 Å². The van der Waals surface area contributed by atoms with E-state index in [-0.39, 0.29) is 23.4 Å². The molecule has 1 amide bonds. The molecule has 0 saturated carbocycles. The van der Waals surface area contributed by atoms with Gasteiger partial charge >= 0.3 is 0 Å². The van der Waals surface area contributed by atoms with E-state index in [1.165, 1.54) is 23.4 Å². The number of nitrogens with zero attached hydrogens (tertiary/aromatic N) is 3. The lowest BCUT2D eigenvalue weighted by atomic mass is 9.92. The summed E-state index contributed by atoms with van der Waals surface area (Å²) in [5, 5.41) is 17.5. The van der Waals surface area contributed by atoms with Gasteiger partial charge in [-0.25, -0.2) is 9.67 Å². The van der Waals surface area contributed by atoms with Crippen molar-refractivity contribution in [3.8, 4) is 11.4 Å². The SMILES string of the molecule is Cc1ccc(-n2ncc3c2CCCC3NC(=O)c2ncccc2O)cc1C. The van der Waals surface area contributed by atoms with Gasteiger partial charge in [0.2, 0.25) is 0 Å². The summed E-state index contributed by atoms with van der Waals surface area (Å²) in [7, 11) is 0. The molecule has 0 saturated heterocycles. The summed E-state index contributed by atoms with van der Waals surface area (Å²) >= 11 is 0. The van der Waals surface area contributed by atoms with E-state index in [9.17, 15) is 9.90 Å². The smallest absolute Gasteiger partial charge is 0.274 e. The molecule has 4 rings (SSSR count). The van der Waals surface area contributed by atoms with E-state index in [1.54, 1.807) is 6.07 Å². The fraction of sp³-hybridized carbons (Fsp3) is 0.286. The van der Waals surface area contributed by atoms with Crippen molar-refractivity contribution in [1.82, 2.24) is 20.1 Å². The third kappa shape index (κ3) is 3.18. The van der Waals surface area contributed by atoms with Crippen molar-refractivity contribution in [3.05, 3.63) is 70.8 Å². The molecule has 1 aromatic carbocycles. The number of pyridine rings is 1. The molecular formula is C21H22N4O2. The first-order valence-corrected chi connectivity index (χ1v) is 9.14. The van der Waals surface area contributed by atoms with Crippen LogP contribution in [0.2, 0.25) is 0 Å². The van der Waals surface area contributed by atoms with E-state index in [2.05, 4.69) is 47.4 Å². The van der Waals surface area contributed by atoms with Gasteiger partial charge in [0.1, 0.15) is 5.75 Å². The molecule has 0 radical (unpaired) electrons. The fourth-order valence-electron chi connectivity index (χ4n) is 3.59. The molecular weight excluding hydrogens is 340 g/mol. The lowest BCUT2D eigenvalue weighted by Crippen LogP contribution is -2.31. The molecule has 6 nitrogen and oxygen atoms in total. The summed E-state index contributed by atoms with van der Waals surface area (Å²) in [5.74, 6) is -0.485. The average molecular weight is 362 g/mol. The zero-order valence-electron chi connectivity index (χ0n) is 15.4. The molecule has 2 N–H and O–H groups in total. The van der Waals surface area contributed by atoms with E-state index < -0.39 is 0 Å². The summed E-state index contributed by atoms with van der Waals surface area (Å²) in [4.78, 5) is 16.5. The number of rotatable bonds is 3. The summed E-state index contributed by atoms with van der Waals surface area (Å²) in [6, 6.07) is 9.23. The monoisotopic (exact) mass is 362 g/mol. The van der Waals surface area contributed by atoms with Crippen LogP contribution >= 0.6 is 0 Å². The molecule has 6 heteroatoms. The molecule has 27 heavy (non-hydrogen) atoms. The summed E-state index contributed by atoms with van der Waals surface area (Å²) in [6.07, 6.45) is 6.06. The van der Waals surface area contributed by atoms with Crippen molar-refractivity contribution in [2.45, 2.75) is 39.2 Å². The zero-order chi connectivity index (χ0) is 19.0. The topological polar surface area (TPSA) is 80.0 Å². The van der Waals surface area contributed by atoms with Crippen LogP contribution in [0.3, 0.4) is 0 Å². The van der Waals surface area contributed by atoms with Crippen molar-refractivity contribution < 1.29 is 9.90 Å². The van der Waals surface area contributed by atoms with Crippen LogP contribution in [0, 0.1) is 13.8 Å². The number of aryl methyl sites for hydroxylation is 2. The maximum absolute atomic E-state index is 12.5. The number of hydrogen-bond donors (Lipinski definition) is 2. The van der Waals surface area contributed by atoms with E-state index in [0.717, 1.165) is 36.2 Å². The van der Waals surface area contributed by atoms with Crippen LogP contribution in [0.5, 0.6) is 5.75 Å². The highest BCUT2D eigenvalue weighted by Gasteiger charge is 2.27. The quantitative estimate of drug-likeness (QED) is 0.748. The Kier molecular flexibility index (Phi) is 4.39. The minimum Gasteiger partial charge on any atom is -0.505 e. The summed E-state index contributed by atoms with van der Waals surface area (Å²) < 4.78 is 1.97. The Bertz CT molecular complexity index is 1010. The van der Waals surface area contributed by atoms with Crippen molar-refractivity contribution in [2.75, 3.05) is 0 Å². The molecule has 138 valence electrons. The lowest BCUT2D eigenvalue weighted by molar-refractivity contribution is 0.0924. The van der Waals surface area contributed by atoms with Gasteiger partial charge in [0.15, 0.2) is 5.69 Å². The van der Waals surface area contributed by atoms with Gasteiger partial charge in [-0.2, -0.15) is 5.10 Å². The number of amides is 1. The molecule has 1 unspecified atom stereocenters. The van der Waals surface area contributed by atoms with Gasteiger partial charge in [0.25, 0.3) is 5.91 Å². The van der Waals surface area contributed by atoms with Crippen molar-refractivity contribution in [3.63, 3.8) is 0 Å². The first-order valence-electron chi connectivity index (χ1n) is 9.14. The van der Waals surface area contributed by atoms with Gasteiger partial charge in [-0.15, -0.1) is 0 Å². The predicted octanol–water partition coefficient (Wildman–Crippen LogP) is 3.40. The van der Waals surface area contributed by atoms with Crippen molar-refractivity contribution in [2.24, 2.45) is 0 Å². The maximum Gasteiger partial charge on any atom is 0.274 e. The molecule has 0 fully saturated rings. The molecule has 1 atom stereocenters. The number of aromatic nitrogens is 3. The number of fused-ring (bicyclic) bond motifs is 1. The molecule has 2 aromatic heterocycles. The molecule has 1 aliphatic carbocycles. The number of carbonyl (C=O) groups excluding carboxylic acids is 1. The Morgan fingerprint density at radius 1 is 1.26 bits per heavy atom. The highest BCUT2D eigenvalue weighted by Crippen LogP contribution is 2.32.